The van der Waals surface area contributed by atoms with Gasteiger partial charge < -0.3 is 0 Å². The van der Waals surface area contributed by atoms with E-state index in [1.54, 1.807) is 17.4 Å². The second kappa shape index (κ2) is 6.67. The van der Waals surface area contributed by atoms with Crippen molar-refractivity contribution in [1.82, 2.24) is 15.0 Å². The van der Waals surface area contributed by atoms with E-state index in [4.69, 9.17) is 0 Å². The third kappa shape index (κ3) is 2.96. The van der Waals surface area contributed by atoms with Crippen molar-refractivity contribution in [3.63, 3.8) is 0 Å². The Morgan fingerprint density at radius 3 is 2.50 bits per heavy atom. The molecule has 0 spiro atoms. The number of amides is 1. The molecule has 0 aliphatic carbocycles. The van der Waals surface area contributed by atoms with Gasteiger partial charge in [0.2, 0.25) is 5.91 Å². The molecular formula is C21H20N4O. The van der Waals surface area contributed by atoms with Gasteiger partial charge in [-0.1, -0.05) is 50.2 Å². The number of hydrogen-bond donors (Lipinski definition) is 0. The van der Waals surface area contributed by atoms with Gasteiger partial charge in [-0.25, -0.2) is 5.01 Å². The number of aromatic nitrogens is 2. The fraction of sp³-hybridized carbons (Fsp3) is 0.238. The summed E-state index contributed by atoms with van der Waals surface area (Å²) in [6.45, 7) is 3.81. The molecule has 1 amide bonds. The molecule has 0 radical (unpaired) electrons. The zero-order valence-corrected chi connectivity index (χ0v) is 14.8. The second-order valence-electron chi connectivity index (χ2n) is 6.77. The molecule has 0 saturated carbocycles. The highest BCUT2D eigenvalue weighted by Gasteiger charge is 2.34. The number of hydrogen-bond acceptors (Lipinski definition) is 4. The second-order valence-corrected chi connectivity index (χ2v) is 6.77. The van der Waals surface area contributed by atoms with Gasteiger partial charge in [-0.15, -0.1) is 0 Å². The average molecular weight is 344 g/mol. The van der Waals surface area contributed by atoms with Gasteiger partial charge in [-0.2, -0.15) is 5.10 Å². The SMILES string of the molecule is CC(C)C(=O)N1N=C(c2ccccc2)C[C@@H]1c1ccc2nccnc2c1. The summed E-state index contributed by atoms with van der Waals surface area (Å²) in [6, 6.07) is 15.9. The van der Waals surface area contributed by atoms with Gasteiger partial charge in [-0.05, 0) is 23.3 Å². The van der Waals surface area contributed by atoms with Gasteiger partial charge in [0.05, 0.1) is 22.8 Å². The Bertz CT molecular complexity index is 981. The summed E-state index contributed by atoms with van der Waals surface area (Å²) in [5, 5.41) is 6.33. The monoisotopic (exact) mass is 344 g/mol. The Hall–Kier alpha value is -3.08. The van der Waals surface area contributed by atoms with E-state index in [9.17, 15) is 4.79 Å². The highest BCUT2D eigenvalue weighted by atomic mass is 16.2. The molecule has 1 aliphatic heterocycles. The molecule has 130 valence electrons. The molecule has 1 aromatic heterocycles. The Morgan fingerprint density at radius 1 is 1.04 bits per heavy atom. The molecule has 1 atom stereocenters. The first kappa shape index (κ1) is 16.4. The van der Waals surface area contributed by atoms with E-state index < -0.39 is 0 Å². The van der Waals surface area contributed by atoms with Crippen LogP contribution in [0, 0.1) is 5.92 Å². The minimum absolute atomic E-state index is 0.0279. The molecule has 4 rings (SSSR count). The maximum atomic E-state index is 12.8. The number of hydrazone groups is 1. The fourth-order valence-electron chi connectivity index (χ4n) is 3.23. The molecule has 3 aromatic rings. The summed E-state index contributed by atoms with van der Waals surface area (Å²) in [6.07, 6.45) is 4.06. The number of carbonyl (C=O) groups excluding carboxylic acids is 1. The van der Waals surface area contributed by atoms with E-state index in [0.29, 0.717) is 6.42 Å². The van der Waals surface area contributed by atoms with Crippen molar-refractivity contribution in [3.05, 3.63) is 72.1 Å². The van der Waals surface area contributed by atoms with E-state index in [0.717, 1.165) is 27.9 Å². The maximum Gasteiger partial charge on any atom is 0.245 e. The van der Waals surface area contributed by atoms with Gasteiger partial charge in [0, 0.05) is 24.7 Å². The molecule has 26 heavy (non-hydrogen) atoms. The van der Waals surface area contributed by atoms with Gasteiger partial charge in [0.1, 0.15) is 0 Å². The summed E-state index contributed by atoms with van der Waals surface area (Å²) >= 11 is 0. The van der Waals surface area contributed by atoms with Crippen LogP contribution in [-0.2, 0) is 4.79 Å². The van der Waals surface area contributed by atoms with Crippen LogP contribution in [-0.4, -0.2) is 26.6 Å². The predicted octanol–water partition coefficient (Wildman–Crippen LogP) is 3.96. The molecule has 5 nitrogen and oxygen atoms in total. The predicted molar refractivity (Wildman–Crippen MR) is 102 cm³/mol. The highest BCUT2D eigenvalue weighted by molar-refractivity contribution is 6.03. The van der Waals surface area contributed by atoms with Gasteiger partial charge in [0.25, 0.3) is 0 Å². The molecule has 0 unspecified atom stereocenters. The van der Waals surface area contributed by atoms with Crippen LogP contribution in [0.15, 0.2) is 66.0 Å². The van der Waals surface area contributed by atoms with Crippen LogP contribution < -0.4 is 0 Å². The molecule has 2 aromatic carbocycles. The summed E-state index contributed by atoms with van der Waals surface area (Å²) in [5.74, 6) is -0.0863. The molecule has 0 fully saturated rings. The van der Waals surface area contributed by atoms with Crippen LogP contribution in [0.25, 0.3) is 11.0 Å². The molecule has 0 N–H and O–H groups in total. The normalized spacial score (nSPS) is 17.0. The van der Waals surface area contributed by atoms with Crippen LogP contribution in [0.4, 0.5) is 0 Å². The van der Waals surface area contributed by atoms with E-state index >= 15 is 0 Å². The lowest BCUT2D eigenvalue weighted by molar-refractivity contribution is -0.136. The lowest BCUT2D eigenvalue weighted by Gasteiger charge is -2.23. The van der Waals surface area contributed by atoms with Crippen molar-refractivity contribution in [2.75, 3.05) is 0 Å². The quantitative estimate of drug-likeness (QED) is 0.722. The Kier molecular flexibility index (Phi) is 4.21. The number of fused-ring (bicyclic) bond motifs is 1. The van der Waals surface area contributed by atoms with Crippen molar-refractivity contribution >= 4 is 22.7 Å². The van der Waals surface area contributed by atoms with Gasteiger partial charge >= 0.3 is 0 Å². The van der Waals surface area contributed by atoms with Crippen molar-refractivity contribution < 1.29 is 4.79 Å². The Morgan fingerprint density at radius 2 is 1.77 bits per heavy atom. The van der Waals surface area contributed by atoms with E-state index in [-0.39, 0.29) is 17.9 Å². The van der Waals surface area contributed by atoms with Gasteiger partial charge in [0.15, 0.2) is 0 Å². The van der Waals surface area contributed by atoms with Crippen LogP contribution in [0.3, 0.4) is 0 Å². The fourth-order valence-corrected chi connectivity index (χ4v) is 3.23. The molecule has 5 heteroatoms. The lowest BCUT2D eigenvalue weighted by Crippen LogP contribution is -2.30. The Balaban J connectivity index is 1.74. The average Bonchev–Trinajstić information content (AvgIpc) is 3.13. The Labute approximate surface area is 152 Å². The van der Waals surface area contributed by atoms with E-state index in [1.807, 2.05) is 62.4 Å². The topological polar surface area (TPSA) is 58.5 Å². The van der Waals surface area contributed by atoms with Crippen LogP contribution in [0.1, 0.15) is 37.4 Å². The zero-order valence-electron chi connectivity index (χ0n) is 14.8. The zero-order chi connectivity index (χ0) is 18.1. The van der Waals surface area contributed by atoms with Crippen LogP contribution >= 0.6 is 0 Å². The molecule has 0 saturated heterocycles. The standard InChI is InChI=1S/C21H20N4O/c1-14(2)21(26)25-20(13-18(24-25)15-6-4-3-5-7-15)16-8-9-17-19(12-16)23-11-10-22-17/h3-12,14,20H,13H2,1-2H3/t20-/m1/s1. The summed E-state index contributed by atoms with van der Waals surface area (Å²) in [4.78, 5) is 21.5. The van der Waals surface area contributed by atoms with Crippen LogP contribution in [0.2, 0.25) is 0 Å². The molecule has 1 aliphatic rings. The minimum Gasteiger partial charge on any atom is -0.273 e. The third-order valence-electron chi connectivity index (χ3n) is 4.62. The van der Waals surface area contributed by atoms with Crippen molar-refractivity contribution in [3.8, 4) is 0 Å². The smallest absolute Gasteiger partial charge is 0.245 e. The van der Waals surface area contributed by atoms with Crippen molar-refractivity contribution in [1.29, 1.82) is 0 Å². The molecular weight excluding hydrogens is 324 g/mol. The highest BCUT2D eigenvalue weighted by Crippen LogP contribution is 2.34. The van der Waals surface area contributed by atoms with E-state index in [2.05, 4.69) is 15.1 Å². The summed E-state index contributed by atoms with van der Waals surface area (Å²) < 4.78 is 0. The third-order valence-corrected chi connectivity index (χ3v) is 4.62. The van der Waals surface area contributed by atoms with Gasteiger partial charge in [-0.3, -0.25) is 14.8 Å². The van der Waals surface area contributed by atoms with Crippen molar-refractivity contribution in [2.45, 2.75) is 26.3 Å². The lowest BCUT2D eigenvalue weighted by atomic mass is 9.97. The summed E-state index contributed by atoms with van der Waals surface area (Å²) in [5.41, 5.74) is 4.69. The first-order valence-electron chi connectivity index (χ1n) is 8.80. The first-order valence-corrected chi connectivity index (χ1v) is 8.80. The number of rotatable bonds is 3. The first-order chi connectivity index (χ1) is 12.6. The largest absolute Gasteiger partial charge is 0.273 e. The minimum atomic E-state index is -0.119. The van der Waals surface area contributed by atoms with Crippen molar-refractivity contribution in [2.24, 2.45) is 11.0 Å². The van der Waals surface area contributed by atoms with Crippen LogP contribution in [0.5, 0.6) is 0 Å². The van der Waals surface area contributed by atoms with E-state index in [1.165, 1.54) is 0 Å². The number of nitrogens with zero attached hydrogens (tertiary/aromatic N) is 4. The maximum absolute atomic E-state index is 12.8. The molecule has 0 bridgehead atoms. The molecule has 2 heterocycles. The summed E-state index contributed by atoms with van der Waals surface area (Å²) in [7, 11) is 0. The number of carbonyl (C=O) groups is 1. The number of benzene rings is 2.